The molecule has 0 heterocycles. The lowest BCUT2D eigenvalue weighted by molar-refractivity contribution is -0.141. The Morgan fingerprint density at radius 2 is 2.00 bits per heavy atom. The lowest BCUT2D eigenvalue weighted by Gasteiger charge is -2.03. The highest BCUT2D eigenvalue weighted by molar-refractivity contribution is 6.66. The number of halogens is 1. The zero-order chi connectivity index (χ0) is 13.5. The first kappa shape index (κ1) is 14.6. The van der Waals surface area contributed by atoms with E-state index in [0.29, 0.717) is 23.4 Å². The van der Waals surface area contributed by atoms with Gasteiger partial charge in [-0.1, -0.05) is 18.0 Å². The molecule has 0 N–H and O–H groups in total. The van der Waals surface area contributed by atoms with E-state index in [1.165, 1.54) is 0 Å². The Bertz CT molecular complexity index is 437. The summed E-state index contributed by atoms with van der Waals surface area (Å²) in [6.07, 6.45) is 3.84. The number of ketones is 1. The summed E-state index contributed by atoms with van der Waals surface area (Å²) in [4.78, 5) is 26.3. The molecular formula is C12H15ClN2O3. The predicted molar refractivity (Wildman–Crippen MR) is 66.2 cm³/mol. The number of ether oxygens (including phenoxy) is 1. The summed E-state index contributed by atoms with van der Waals surface area (Å²) in [5, 5.41) is 0.447. The molecule has 0 atom stereocenters. The van der Waals surface area contributed by atoms with Crippen LogP contribution in [0.1, 0.15) is 39.0 Å². The maximum atomic E-state index is 12.1. The van der Waals surface area contributed by atoms with Gasteiger partial charge in [0.05, 0.1) is 6.61 Å². The molecule has 0 amide bonds. The molecule has 0 radical (unpaired) electrons. The number of hydrogen-bond donors (Lipinski definition) is 0. The number of allylic oxidation sites excluding steroid dienone is 2. The molecule has 0 bridgehead atoms. The van der Waals surface area contributed by atoms with Crippen molar-refractivity contribution in [1.29, 1.82) is 0 Å². The van der Waals surface area contributed by atoms with E-state index in [2.05, 4.69) is 9.53 Å². The molecule has 18 heavy (non-hydrogen) atoms. The number of carbonyl (C=O) groups excluding carboxylic acids is 2. The van der Waals surface area contributed by atoms with Gasteiger partial charge in [-0.25, -0.2) is 4.79 Å². The quantitative estimate of drug-likeness (QED) is 0.258. The first-order valence-corrected chi connectivity index (χ1v) is 6.31. The zero-order valence-electron chi connectivity index (χ0n) is 10.2. The van der Waals surface area contributed by atoms with Crippen LogP contribution in [0.2, 0.25) is 0 Å². The van der Waals surface area contributed by atoms with E-state index in [1.54, 1.807) is 6.92 Å². The third kappa shape index (κ3) is 3.52. The molecular weight excluding hydrogens is 256 g/mol. The van der Waals surface area contributed by atoms with Gasteiger partial charge in [-0.15, -0.1) is 0 Å². The number of Topliss-reactive ketones (excluding diaryl/α,β-unsaturated/α-hetero) is 1. The molecule has 1 rings (SSSR count). The Morgan fingerprint density at radius 1 is 1.33 bits per heavy atom. The van der Waals surface area contributed by atoms with E-state index in [1.807, 2.05) is 0 Å². The smallest absolute Gasteiger partial charge is 0.446 e. The number of hydrogen-bond acceptors (Lipinski definition) is 3. The zero-order valence-corrected chi connectivity index (χ0v) is 11.0. The second-order valence-electron chi connectivity index (χ2n) is 3.94. The molecule has 0 aromatic carbocycles. The molecule has 5 nitrogen and oxygen atoms in total. The summed E-state index contributed by atoms with van der Waals surface area (Å²) >= 11 is 6.03. The van der Waals surface area contributed by atoms with Crippen LogP contribution in [0.5, 0.6) is 0 Å². The van der Waals surface area contributed by atoms with E-state index in [4.69, 9.17) is 17.1 Å². The van der Waals surface area contributed by atoms with Crippen molar-refractivity contribution in [3.05, 3.63) is 16.1 Å². The second-order valence-corrected chi connectivity index (χ2v) is 4.40. The summed E-state index contributed by atoms with van der Waals surface area (Å²) in [5.41, 5.74) is 8.53. The Balaban J connectivity index is 2.97. The fraction of sp³-hybridized carbons (Fsp3) is 0.583. The van der Waals surface area contributed by atoms with Crippen molar-refractivity contribution in [2.75, 3.05) is 6.61 Å². The highest BCUT2D eigenvalue weighted by Gasteiger charge is 2.34. The van der Waals surface area contributed by atoms with Gasteiger partial charge in [0.1, 0.15) is 0 Å². The maximum absolute atomic E-state index is 12.1. The van der Waals surface area contributed by atoms with Crippen LogP contribution in [-0.2, 0) is 14.3 Å². The minimum Gasteiger partial charge on any atom is -0.457 e. The molecule has 6 heteroatoms. The second kappa shape index (κ2) is 7.09. The molecule has 98 valence electrons. The molecule has 0 saturated carbocycles. The van der Waals surface area contributed by atoms with Gasteiger partial charge in [0.2, 0.25) is 0 Å². The van der Waals surface area contributed by atoms with E-state index in [-0.39, 0.29) is 6.61 Å². The van der Waals surface area contributed by atoms with Gasteiger partial charge in [0, 0.05) is 10.6 Å². The Morgan fingerprint density at radius 3 is 2.61 bits per heavy atom. The van der Waals surface area contributed by atoms with E-state index >= 15 is 0 Å². The first-order chi connectivity index (χ1) is 8.61. The molecule has 1 aliphatic rings. The maximum Gasteiger partial charge on any atom is 0.446 e. The highest BCUT2D eigenvalue weighted by Crippen LogP contribution is 2.27. The molecule has 0 unspecified atom stereocenters. The molecule has 0 aromatic rings. The van der Waals surface area contributed by atoms with Crippen molar-refractivity contribution in [2.45, 2.75) is 39.0 Å². The third-order valence-electron chi connectivity index (χ3n) is 2.71. The van der Waals surface area contributed by atoms with Crippen LogP contribution in [0.4, 0.5) is 0 Å². The van der Waals surface area contributed by atoms with Gasteiger partial charge in [-0.2, -0.15) is 4.79 Å². The molecule has 0 spiro atoms. The van der Waals surface area contributed by atoms with Crippen molar-refractivity contribution < 1.29 is 19.1 Å². The van der Waals surface area contributed by atoms with Crippen LogP contribution in [0, 0.1) is 0 Å². The van der Waals surface area contributed by atoms with E-state index in [0.717, 1.165) is 19.3 Å². The monoisotopic (exact) mass is 270 g/mol. The SMILES string of the molecule is CCOC(=O)C(=[N+]=[N-])C(=O)C1=C(Cl)CCCCC1. The van der Waals surface area contributed by atoms with Crippen molar-refractivity contribution >= 4 is 29.1 Å². The van der Waals surface area contributed by atoms with Crippen molar-refractivity contribution in [2.24, 2.45) is 0 Å². The van der Waals surface area contributed by atoms with Gasteiger partial charge < -0.3 is 10.3 Å². The van der Waals surface area contributed by atoms with Gasteiger partial charge in [-0.05, 0) is 32.6 Å². The average Bonchev–Trinajstić information content (AvgIpc) is 2.55. The fourth-order valence-electron chi connectivity index (χ4n) is 1.80. The summed E-state index contributed by atoms with van der Waals surface area (Å²) in [6, 6.07) is 0. The Labute approximate surface area is 110 Å². The minimum absolute atomic E-state index is 0.109. The van der Waals surface area contributed by atoms with Gasteiger partial charge >= 0.3 is 11.7 Å². The lowest BCUT2D eigenvalue weighted by atomic mass is 10.0. The first-order valence-electron chi connectivity index (χ1n) is 5.93. The molecule has 0 aliphatic heterocycles. The normalized spacial score (nSPS) is 15.7. The lowest BCUT2D eigenvalue weighted by Crippen LogP contribution is -2.29. The summed E-state index contributed by atoms with van der Waals surface area (Å²) in [5.74, 6) is -1.56. The fourth-order valence-corrected chi connectivity index (χ4v) is 2.12. The van der Waals surface area contributed by atoms with E-state index < -0.39 is 17.5 Å². The van der Waals surface area contributed by atoms with Gasteiger partial charge in [0.25, 0.3) is 5.78 Å². The highest BCUT2D eigenvalue weighted by atomic mass is 35.5. The Hall–Kier alpha value is -1.45. The molecule has 1 aliphatic carbocycles. The predicted octanol–water partition coefficient (Wildman–Crippen LogP) is 2.25. The van der Waals surface area contributed by atoms with Gasteiger partial charge in [0.15, 0.2) is 0 Å². The molecule has 0 saturated heterocycles. The average molecular weight is 271 g/mol. The minimum atomic E-state index is -0.925. The summed E-state index contributed by atoms with van der Waals surface area (Å²) in [6.45, 7) is 1.72. The topological polar surface area (TPSA) is 79.8 Å². The van der Waals surface area contributed by atoms with Crippen LogP contribution in [-0.4, -0.2) is 28.9 Å². The van der Waals surface area contributed by atoms with Crippen LogP contribution in [0.3, 0.4) is 0 Å². The van der Waals surface area contributed by atoms with Crippen molar-refractivity contribution in [1.82, 2.24) is 0 Å². The van der Waals surface area contributed by atoms with Crippen molar-refractivity contribution in [3.8, 4) is 0 Å². The standard InChI is InChI=1S/C12H15ClN2O3/c1-2-18-12(17)10(15-14)11(16)8-6-4-3-5-7-9(8)13/h2-7H2,1H3. The van der Waals surface area contributed by atoms with Gasteiger partial charge in [-0.3, -0.25) is 4.79 Å². The van der Waals surface area contributed by atoms with Crippen LogP contribution >= 0.6 is 11.6 Å². The summed E-state index contributed by atoms with van der Waals surface area (Å²) in [7, 11) is 0. The van der Waals surface area contributed by atoms with Crippen LogP contribution in [0.25, 0.3) is 5.53 Å². The third-order valence-corrected chi connectivity index (χ3v) is 3.13. The molecule has 0 aromatic heterocycles. The van der Waals surface area contributed by atoms with Crippen LogP contribution < -0.4 is 0 Å². The molecule has 0 fully saturated rings. The number of carbonyl (C=O) groups is 2. The number of rotatable bonds is 4. The largest absolute Gasteiger partial charge is 0.457 e. The summed E-state index contributed by atoms with van der Waals surface area (Å²) < 4.78 is 4.66. The Kier molecular flexibility index (Phi) is 5.75. The number of nitrogens with zero attached hydrogens (tertiary/aromatic N) is 2. The van der Waals surface area contributed by atoms with Crippen molar-refractivity contribution in [3.63, 3.8) is 0 Å². The van der Waals surface area contributed by atoms with E-state index in [9.17, 15) is 9.59 Å². The number of esters is 1. The van der Waals surface area contributed by atoms with Crippen LogP contribution in [0.15, 0.2) is 10.6 Å².